The van der Waals surface area contributed by atoms with Gasteiger partial charge in [0.2, 0.25) is 5.91 Å². The highest BCUT2D eigenvalue weighted by Gasteiger charge is 1.99. The molecule has 0 spiro atoms. The number of primary amides is 1. The van der Waals surface area contributed by atoms with E-state index in [9.17, 15) is 9.59 Å². The van der Waals surface area contributed by atoms with Crippen molar-refractivity contribution in [1.29, 1.82) is 0 Å². The first-order valence-electron chi connectivity index (χ1n) is 5.20. The third-order valence-corrected chi connectivity index (χ3v) is 2.46. The Balaban J connectivity index is 2.16. The Hall–Kier alpha value is -2.36. The molecule has 0 aliphatic heterocycles. The van der Waals surface area contributed by atoms with Gasteiger partial charge in [-0.25, -0.2) is 0 Å². The highest BCUT2D eigenvalue weighted by Crippen LogP contribution is 2.05. The molecule has 0 aliphatic rings. The Bertz CT molecular complexity index is 565. The van der Waals surface area contributed by atoms with Crippen LogP contribution in [0.4, 0.5) is 0 Å². The lowest BCUT2D eigenvalue weighted by atomic mass is 10.1. The van der Waals surface area contributed by atoms with Crippen molar-refractivity contribution in [2.45, 2.75) is 6.54 Å². The Morgan fingerprint density at radius 2 is 1.65 bits per heavy atom. The van der Waals surface area contributed by atoms with Crippen LogP contribution in [0.1, 0.15) is 15.9 Å². The molecule has 0 saturated heterocycles. The van der Waals surface area contributed by atoms with Gasteiger partial charge < -0.3 is 10.3 Å². The summed E-state index contributed by atoms with van der Waals surface area (Å²) >= 11 is 0. The number of carbonyl (C=O) groups excluding carboxylic acids is 1. The smallest absolute Gasteiger partial charge is 0.248 e. The first-order chi connectivity index (χ1) is 8.15. The number of benzene rings is 1. The number of aromatic nitrogens is 1. The number of hydrogen-bond acceptors (Lipinski definition) is 2. The molecule has 0 unspecified atom stereocenters. The molecule has 2 rings (SSSR count). The third-order valence-electron chi connectivity index (χ3n) is 2.46. The highest BCUT2D eigenvalue weighted by molar-refractivity contribution is 5.92. The van der Waals surface area contributed by atoms with Crippen LogP contribution in [0.15, 0.2) is 53.6 Å². The van der Waals surface area contributed by atoms with Gasteiger partial charge in [0.05, 0.1) is 0 Å². The number of amides is 1. The minimum absolute atomic E-state index is 0.00896. The fourth-order valence-corrected chi connectivity index (χ4v) is 1.53. The van der Waals surface area contributed by atoms with E-state index in [0.29, 0.717) is 12.1 Å². The molecule has 0 saturated carbocycles. The Kier molecular flexibility index (Phi) is 3.05. The van der Waals surface area contributed by atoms with Gasteiger partial charge in [-0.05, 0) is 17.7 Å². The van der Waals surface area contributed by atoms with Crippen molar-refractivity contribution < 1.29 is 4.79 Å². The van der Waals surface area contributed by atoms with E-state index >= 15 is 0 Å². The molecule has 2 N–H and O–H groups in total. The Morgan fingerprint density at radius 1 is 1.06 bits per heavy atom. The van der Waals surface area contributed by atoms with Gasteiger partial charge in [0, 0.05) is 36.6 Å². The van der Waals surface area contributed by atoms with Gasteiger partial charge in [0.15, 0.2) is 5.43 Å². The van der Waals surface area contributed by atoms with Gasteiger partial charge in [-0.3, -0.25) is 9.59 Å². The standard InChI is InChI=1S/C13H12N2O2/c14-13(17)11-3-1-10(2-4-11)9-15-7-5-12(16)6-8-15/h1-8H,9H2,(H2,14,17). The highest BCUT2D eigenvalue weighted by atomic mass is 16.1. The summed E-state index contributed by atoms with van der Waals surface area (Å²) in [5.41, 5.74) is 6.68. The SMILES string of the molecule is NC(=O)c1ccc(Cn2ccc(=O)cc2)cc1. The Morgan fingerprint density at radius 3 is 2.18 bits per heavy atom. The molecular weight excluding hydrogens is 216 g/mol. The normalized spacial score (nSPS) is 10.1. The summed E-state index contributed by atoms with van der Waals surface area (Å²) in [5.74, 6) is -0.431. The van der Waals surface area contributed by atoms with Crippen LogP contribution in [0.25, 0.3) is 0 Å². The summed E-state index contributed by atoms with van der Waals surface area (Å²) in [7, 11) is 0. The predicted molar refractivity (Wildman–Crippen MR) is 64.8 cm³/mol. The van der Waals surface area contributed by atoms with E-state index in [2.05, 4.69) is 0 Å². The van der Waals surface area contributed by atoms with E-state index in [-0.39, 0.29) is 5.43 Å². The van der Waals surface area contributed by atoms with E-state index < -0.39 is 5.91 Å². The zero-order valence-electron chi connectivity index (χ0n) is 9.17. The van der Waals surface area contributed by atoms with Crippen molar-refractivity contribution in [3.63, 3.8) is 0 Å². The van der Waals surface area contributed by atoms with Crippen LogP contribution in [0, 0.1) is 0 Å². The second kappa shape index (κ2) is 4.65. The van der Waals surface area contributed by atoms with Crippen LogP contribution in [0.2, 0.25) is 0 Å². The van der Waals surface area contributed by atoms with Crippen LogP contribution >= 0.6 is 0 Å². The van der Waals surface area contributed by atoms with E-state index in [1.807, 2.05) is 16.7 Å². The lowest BCUT2D eigenvalue weighted by Crippen LogP contribution is -2.11. The molecule has 1 aromatic carbocycles. The van der Waals surface area contributed by atoms with Crippen LogP contribution < -0.4 is 11.2 Å². The molecule has 0 radical (unpaired) electrons. The minimum Gasteiger partial charge on any atom is -0.366 e. The zero-order chi connectivity index (χ0) is 12.3. The van der Waals surface area contributed by atoms with Crippen LogP contribution in [-0.4, -0.2) is 10.5 Å². The zero-order valence-corrected chi connectivity index (χ0v) is 9.17. The molecule has 2 aromatic rings. The number of carbonyl (C=O) groups is 1. The minimum atomic E-state index is -0.431. The maximum atomic E-state index is 10.9. The molecule has 0 aliphatic carbocycles. The Labute approximate surface area is 98.3 Å². The van der Waals surface area contributed by atoms with Crippen molar-refractivity contribution in [3.8, 4) is 0 Å². The summed E-state index contributed by atoms with van der Waals surface area (Å²) in [6.07, 6.45) is 3.45. The topological polar surface area (TPSA) is 65.1 Å². The van der Waals surface area contributed by atoms with Crippen molar-refractivity contribution in [3.05, 3.63) is 70.1 Å². The van der Waals surface area contributed by atoms with Crippen LogP contribution in [0.3, 0.4) is 0 Å². The fourth-order valence-electron chi connectivity index (χ4n) is 1.53. The van der Waals surface area contributed by atoms with Gasteiger partial charge >= 0.3 is 0 Å². The van der Waals surface area contributed by atoms with Gasteiger partial charge in [0.25, 0.3) is 0 Å². The molecule has 0 bridgehead atoms. The largest absolute Gasteiger partial charge is 0.366 e. The molecule has 1 heterocycles. The van der Waals surface area contributed by atoms with E-state index in [0.717, 1.165) is 5.56 Å². The summed E-state index contributed by atoms with van der Waals surface area (Å²) in [6.45, 7) is 0.652. The maximum absolute atomic E-state index is 10.9. The van der Waals surface area contributed by atoms with Crippen molar-refractivity contribution in [2.75, 3.05) is 0 Å². The molecule has 0 fully saturated rings. The van der Waals surface area contributed by atoms with Crippen LogP contribution in [0.5, 0.6) is 0 Å². The van der Waals surface area contributed by atoms with Gasteiger partial charge in [0.1, 0.15) is 0 Å². The predicted octanol–water partition coefficient (Wildman–Crippen LogP) is 0.996. The van der Waals surface area contributed by atoms with Gasteiger partial charge in [-0.15, -0.1) is 0 Å². The summed E-state index contributed by atoms with van der Waals surface area (Å²) < 4.78 is 1.89. The van der Waals surface area contributed by atoms with E-state index in [1.54, 1.807) is 24.5 Å². The first kappa shape index (κ1) is 11.1. The number of pyridine rings is 1. The van der Waals surface area contributed by atoms with E-state index in [4.69, 9.17) is 5.73 Å². The third kappa shape index (κ3) is 2.81. The average molecular weight is 228 g/mol. The maximum Gasteiger partial charge on any atom is 0.248 e. The van der Waals surface area contributed by atoms with Crippen LogP contribution in [-0.2, 0) is 6.54 Å². The quantitative estimate of drug-likeness (QED) is 0.851. The molecule has 0 atom stereocenters. The second-order valence-electron chi connectivity index (χ2n) is 3.77. The monoisotopic (exact) mass is 228 g/mol. The first-order valence-corrected chi connectivity index (χ1v) is 5.20. The number of nitrogens with two attached hydrogens (primary N) is 1. The fraction of sp³-hybridized carbons (Fsp3) is 0.0769. The van der Waals surface area contributed by atoms with Crippen molar-refractivity contribution >= 4 is 5.91 Å². The van der Waals surface area contributed by atoms with Crippen molar-refractivity contribution in [1.82, 2.24) is 4.57 Å². The van der Waals surface area contributed by atoms with Gasteiger partial charge in [-0.1, -0.05) is 12.1 Å². The number of hydrogen-bond donors (Lipinski definition) is 1. The summed E-state index contributed by atoms with van der Waals surface area (Å²) in [5, 5.41) is 0. The summed E-state index contributed by atoms with van der Waals surface area (Å²) in [6, 6.07) is 10.1. The molecule has 1 amide bonds. The lowest BCUT2D eigenvalue weighted by Gasteiger charge is -2.06. The molecule has 1 aromatic heterocycles. The summed E-state index contributed by atoms with van der Waals surface area (Å²) in [4.78, 5) is 21.8. The average Bonchev–Trinajstić information content (AvgIpc) is 2.33. The molecule has 86 valence electrons. The second-order valence-corrected chi connectivity index (χ2v) is 3.77. The number of nitrogens with zero attached hydrogens (tertiary/aromatic N) is 1. The number of rotatable bonds is 3. The molecule has 17 heavy (non-hydrogen) atoms. The van der Waals surface area contributed by atoms with Gasteiger partial charge in [-0.2, -0.15) is 0 Å². The lowest BCUT2D eigenvalue weighted by molar-refractivity contribution is 0.100. The molecule has 4 nitrogen and oxygen atoms in total. The van der Waals surface area contributed by atoms with E-state index in [1.165, 1.54) is 12.1 Å². The van der Waals surface area contributed by atoms with Crippen molar-refractivity contribution in [2.24, 2.45) is 5.73 Å². The molecular formula is C13H12N2O2. The molecule has 4 heteroatoms.